The van der Waals surface area contributed by atoms with Crippen LogP contribution in [0.3, 0.4) is 0 Å². The van der Waals surface area contributed by atoms with Crippen LogP contribution in [-0.2, 0) is 11.3 Å². The number of aromatic nitrogens is 3. The first-order valence-electron chi connectivity index (χ1n) is 9.00. The van der Waals surface area contributed by atoms with E-state index in [2.05, 4.69) is 47.7 Å². The second kappa shape index (κ2) is 8.04. The maximum absolute atomic E-state index is 12.5. The lowest BCUT2D eigenvalue weighted by molar-refractivity contribution is -0.130. The summed E-state index contributed by atoms with van der Waals surface area (Å²) in [6.45, 7) is 8.94. The van der Waals surface area contributed by atoms with Gasteiger partial charge in [-0.1, -0.05) is 43.0 Å². The van der Waals surface area contributed by atoms with Gasteiger partial charge in [0, 0.05) is 25.2 Å². The number of piperidine rings is 1. The minimum Gasteiger partial charge on any atom is -0.342 e. The Morgan fingerprint density at radius 2 is 2.12 bits per heavy atom. The molecule has 1 unspecified atom stereocenters. The van der Waals surface area contributed by atoms with Crippen molar-refractivity contribution in [2.24, 2.45) is 5.92 Å². The van der Waals surface area contributed by atoms with Crippen LogP contribution < -0.4 is 0 Å². The highest BCUT2D eigenvalue weighted by Gasteiger charge is 2.22. The third-order valence-electron chi connectivity index (χ3n) is 4.75. The molecule has 134 valence electrons. The lowest BCUT2D eigenvalue weighted by Gasteiger charge is -2.30. The number of carbonyl (C=O) groups excluding carboxylic acids is 1. The Morgan fingerprint density at radius 3 is 2.84 bits per heavy atom. The number of aryl methyl sites for hydroxylation is 1. The van der Waals surface area contributed by atoms with Gasteiger partial charge in [-0.3, -0.25) is 4.79 Å². The highest BCUT2D eigenvalue weighted by atomic mass is 32.2. The number of thioether (sulfide) groups is 1. The summed E-state index contributed by atoms with van der Waals surface area (Å²) in [5.74, 6) is 2.12. The monoisotopic (exact) mass is 358 g/mol. The summed E-state index contributed by atoms with van der Waals surface area (Å²) in [5.41, 5.74) is 2.28. The lowest BCUT2D eigenvalue weighted by atomic mass is 10.0. The molecule has 0 N–H and O–H groups in total. The van der Waals surface area contributed by atoms with Gasteiger partial charge in [0.05, 0.1) is 5.75 Å². The van der Waals surface area contributed by atoms with E-state index < -0.39 is 0 Å². The topological polar surface area (TPSA) is 51.0 Å². The first-order valence-corrected chi connectivity index (χ1v) is 9.98. The lowest BCUT2D eigenvalue weighted by Crippen LogP contribution is -2.40. The molecule has 1 saturated heterocycles. The molecule has 1 aliphatic heterocycles. The average molecular weight is 359 g/mol. The van der Waals surface area contributed by atoms with Gasteiger partial charge in [0.25, 0.3) is 0 Å². The molecular weight excluding hydrogens is 332 g/mol. The zero-order valence-electron chi connectivity index (χ0n) is 15.2. The zero-order valence-corrected chi connectivity index (χ0v) is 16.1. The number of carbonyl (C=O) groups is 1. The van der Waals surface area contributed by atoms with E-state index >= 15 is 0 Å². The summed E-state index contributed by atoms with van der Waals surface area (Å²) in [7, 11) is 0. The Morgan fingerprint density at radius 1 is 1.32 bits per heavy atom. The van der Waals surface area contributed by atoms with E-state index in [-0.39, 0.29) is 5.91 Å². The van der Waals surface area contributed by atoms with Crippen molar-refractivity contribution in [2.45, 2.75) is 45.3 Å². The number of amides is 1. The van der Waals surface area contributed by atoms with Gasteiger partial charge in [0.15, 0.2) is 11.0 Å². The van der Waals surface area contributed by atoms with Crippen molar-refractivity contribution in [1.29, 1.82) is 0 Å². The molecule has 25 heavy (non-hydrogen) atoms. The smallest absolute Gasteiger partial charge is 0.233 e. The largest absolute Gasteiger partial charge is 0.342 e. The number of rotatable bonds is 5. The van der Waals surface area contributed by atoms with Crippen LogP contribution in [0.4, 0.5) is 0 Å². The van der Waals surface area contributed by atoms with Crippen LogP contribution in [0.2, 0.25) is 0 Å². The summed E-state index contributed by atoms with van der Waals surface area (Å²) in [5, 5.41) is 9.55. The van der Waals surface area contributed by atoms with Gasteiger partial charge in [0.1, 0.15) is 0 Å². The zero-order chi connectivity index (χ0) is 17.8. The summed E-state index contributed by atoms with van der Waals surface area (Å²) in [6.07, 6.45) is 2.33. The van der Waals surface area contributed by atoms with Gasteiger partial charge >= 0.3 is 0 Å². The molecule has 1 atom stereocenters. The summed E-state index contributed by atoms with van der Waals surface area (Å²) < 4.78 is 2.10. The van der Waals surface area contributed by atoms with Gasteiger partial charge in [0.2, 0.25) is 5.91 Å². The first kappa shape index (κ1) is 18.0. The van der Waals surface area contributed by atoms with Gasteiger partial charge in [-0.2, -0.15) is 0 Å². The van der Waals surface area contributed by atoms with E-state index in [1.54, 1.807) is 0 Å². The van der Waals surface area contributed by atoms with Crippen molar-refractivity contribution in [3.63, 3.8) is 0 Å². The Hall–Kier alpha value is -1.82. The van der Waals surface area contributed by atoms with E-state index in [1.165, 1.54) is 23.7 Å². The fraction of sp³-hybridized carbons (Fsp3) is 0.526. The molecule has 1 aliphatic rings. The molecule has 0 saturated carbocycles. The molecule has 0 radical (unpaired) electrons. The number of likely N-dealkylation sites (tertiary alicyclic amines) is 1. The Balaban J connectivity index is 1.71. The Labute approximate surface area is 153 Å². The molecule has 2 heterocycles. The maximum atomic E-state index is 12.5. The molecule has 5 nitrogen and oxygen atoms in total. The Kier molecular flexibility index (Phi) is 5.78. The standard InChI is InChI=1S/C19H26N4OS/c1-4-23-18(16-10-6-5-9-15(16)3)20-21-19(23)25-13-17(24)22-11-7-8-14(2)12-22/h5-6,9-10,14H,4,7-8,11-13H2,1-3H3. The minimum atomic E-state index is 0.208. The fourth-order valence-electron chi connectivity index (χ4n) is 3.34. The number of nitrogens with zero attached hydrogens (tertiary/aromatic N) is 4. The average Bonchev–Trinajstić information content (AvgIpc) is 3.02. The summed E-state index contributed by atoms with van der Waals surface area (Å²) in [4.78, 5) is 14.5. The quantitative estimate of drug-likeness (QED) is 0.766. The van der Waals surface area contributed by atoms with Crippen LogP contribution in [0.15, 0.2) is 29.4 Å². The molecule has 0 bridgehead atoms. The highest BCUT2D eigenvalue weighted by molar-refractivity contribution is 7.99. The normalized spacial score (nSPS) is 17.7. The van der Waals surface area contributed by atoms with Crippen LogP contribution in [0, 0.1) is 12.8 Å². The van der Waals surface area contributed by atoms with Crippen LogP contribution >= 0.6 is 11.8 Å². The second-order valence-corrected chi connectivity index (χ2v) is 7.68. The van der Waals surface area contributed by atoms with Crippen LogP contribution in [0.1, 0.15) is 32.3 Å². The molecule has 1 aromatic heterocycles. The van der Waals surface area contributed by atoms with Crippen LogP contribution in [-0.4, -0.2) is 44.4 Å². The third-order valence-corrected chi connectivity index (χ3v) is 5.71. The highest BCUT2D eigenvalue weighted by Crippen LogP contribution is 2.26. The van der Waals surface area contributed by atoms with Crippen LogP contribution in [0.25, 0.3) is 11.4 Å². The van der Waals surface area contributed by atoms with E-state index in [1.807, 2.05) is 17.0 Å². The third kappa shape index (κ3) is 4.06. The van der Waals surface area contributed by atoms with Gasteiger partial charge in [-0.25, -0.2) is 0 Å². The SMILES string of the molecule is CCn1c(SCC(=O)N2CCCC(C)C2)nnc1-c1ccccc1C. The van der Waals surface area contributed by atoms with Crippen molar-refractivity contribution in [2.75, 3.05) is 18.8 Å². The molecule has 6 heteroatoms. The second-order valence-electron chi connectivity index (χ2n) is 6.74. The van der Waals surface area contributed by atoms with Crippen LogP contribution in [0.5, 0.6) is 0 Å². The molecule has 0 spiro atoms. The molecular formula is C19H26N4OS. The summed E-state index contributed by atoms with van der Waals surface area (Å²) in [6, 6.07) is 8.20. The molecule has 2 aromatic rings. The fourth-order valence-corrected chi connectivity index (χ4v) is 4.24. The number of benzene rings is 1. The van der Waals surface area contributed by atoms with E-state index in [4.69, 9.17) is 0 Å². The number of hydrogen-bond acceptors (Lipinski definition) is 4. The maximum Gasteiger partial charge on any atom is 0.233 e. The van der Waals surface area contributed by atoms with Crippen molar-refractivity contribution in [1.82, 2.24) is 19.7 Å². The predicted octanol–water partition coefficient (Wildman–Crippen LogP) is 3.62. The van der Waals surface area contributed by atoms with Crippen molar-refractivity contribution >= 4 is 17.7 Å². The van der Waals surface area contributed by atoms with E-state index in [0.29, 0.717) is 11.7 Å². The van der Waals surface area contributed by atoms with E-state index in [9.17, 15) is 4.79 Å². The van der Waals surface area contributed by atoms with Gasteiger partial charge in [-0.15, -0.1) is 10.2 Å². The van der Waals surface area contributed by atoms with Gasteiger partial charge in [-0.05, 0) is 38.2 Å². The Bertz CT molecular complexity index is 743. The first-order chi connectivity index (χ1) is 12.1. The minimum absolute atomic E-state index is 0.208. The van der Waals surface area contributed by atoms with Crippen molar-refractivity contribution < 1.29 is 4.79 Å². The predicted molar refractivity (Wildman–Crippen MR) is 102 cm³/mol. The van der Waals surface area contributed by atoms with E-state index in [0.717, 1.165) is 42.6 Å². The van der Waals surface area contributed by atoms with Crippen molar-refractivity contribution in [3.8, 4) is 11.4 Å². The molecule has 1 fully saturated rings. The molecule has 1 amide bonds. The van der Waals surface area contributed by atoms with Crippen molar-refractivity contribution in [3.05, 3.63) is 29.8 Å². The van der Waals surface area contributed by atoms with Gasteiger partial charge < -0.3 is 9.47 Å². The molecule has 0 aliphatic carbocycles. The summed E-state index contributed by atoms with van der Waals surface area (Å²) >= 11 is 1.49. The molecule has 1 aromatic carbocycles. The number of hydrogen-bond donors (Lipinski definition) is 0. The molecule has 3 rings (SSSR count).